The number of carbonyl (C=O) groups is 1. The molecule has 0 radical (unpaired) electrons. The quantitative estimate of drug-likeness (QED) is 0.537. The van der Waals surface area contributed by atoms with E-state index in [1.54, 1.807) is 16.7 Å². The van der Waals surface area contributed by atoms with Crippen LogP contribution in [-0.2, 0) is 28.7 Å². The molecule has 0 aliphatic carbocycles. The highest BCUT2D eigenvalue weighted by Gasteiger charge is 2.28. The minimum atomic E-state index is -3.78. The number of aryl methyl sites for hydroxylation is 2. The maximum absolute atomic E-state index is 13.0. The van der Waals surface area contributed by atoms with Crippen molar-refractivity contribution < 1.29 is 13.2 Å². The molecule has 0 spiro atoms. The van der Waals surface area contributed by atoms with Gasteiger partial charge in [0, 0.05) is 37.2 Å². The second-order valence-corrected chi connectivity index (χ2v) is 11.4. The number of sulfone groups is 1. The van der Waals surface area contributed by atoms with Crippen molar-refractivity contribution in [3.63, 3.8) is 0 Å². The standard InChI is InChI=1S/C22H23N3O5S2/c1-14-13-25(17-6-4-5-7-19(17)31-14)20(26)10-11-32(29,30)15-8-9-16-18(12-15)24(3)22(28)21(27)23(16)2/h4-9,12,14H,10-11,13H2,1-3H3. The van der Waals surface area contributed by atoms with Gasteiger partial charge >= 0.3 is 11.1 Å². The van der Waals surface area contributed by atoms with Crippen molar-refractivity contribution in [2.24, 2.45) is 14.1 Å². The first-order valence-corrected chi connectivity index (χ1v) is 12.6. The van der Waals surface area contributed by atoms with Crippen LogP contribution >= 0.6 is 11.8 Å². The number of rotatable bonds is 4. The lowest BCUT2D eigenvalue weighted by Crippen LogP contribution is -2.39. The van der Waals surface area contributed by atoms with Crippen molar-refractivity contribution in [2.75, 3.05) is 17.2 Å². The smallest absolute Gasteiger partial charge is 0.310 e. The summed E-state index contributed by atoms with van der Waals surface area (Å²) < 4.78 is 28.3. The number of aromatic nitrogens is 2. The van der Waals surface area contributed by atoms with E-state index in [0.717, 1.165) is 15.1 Å². The van der Waals surface area contributed by atoms with Gasteiger partial charge in [0.1, 0.15) is 0 Å². The number of hydrogen-bond donors (Lipinski definition) is 0. The summed E-state index contributed by atoms with van der Waals surface area (Å²) in [5.41, 5.74) is 0.166. The molecule has 32 heavy (non-hydrogen) atoms. The van der Waals surface area contributed by atoms with E-state index in [1.165, 1.54) is 36.9 Å². The SMILES string of the molecule is CC1CN(C(=O)CCS(=O)(=O)c2ccc3c(c2)n(C)c(=O)c(=O)n3C)c2ccccc2S1. The summed E-state index contributed by atoms with van der Waals surface area (Å²) in [5, 5.41) is 0.207. The van der Waals surface area contributed by atoms with Crippen LogP contribution in [0.25, 0.3) is 11.0 Å². The van der Waals surface area contributed by atoms with Gasteiger partial charge in [-0.2, -0.15) is 0 Å². The van der Waals surface area contributed by atoms with Gasteiger partial charge in [0.15, 0.2) is 9.84 Å². The molecule has 0 bridgehead atoms. The summed E-state index contributed by atoms with van der Waals surface area (Å²) in [7, 11) is -0.888. The highest BCUT2D eigenvalue weighted by atomic mass is 32.2. The molecule has 1 amide bonds. The molecule has 2 heterocycles. The summed E-state index contributed by atoms with van der Waals surface area (Å²) in [6.07, 6.45) is -0.154. The fraction of sp³-hybridized carbons (Fsp3) is 0.318. The van der Waals surface area contributed by atoms with Crippen molar-refractivity contribution in [2.45, 2.75) is 28.4 Å². The van der Waals surface area contributed by atoms with E-state index >= 15 is 0 Å². The van der Waals surface area contributed by atoms with E-state index in [1.807, 2.05) is 31.2 Å². The number of anilines is 1. The predicted octanol–water partition coefficient (Wildman–Crippen LogP) is 1.93. The molecular weight excluding hydrogens is 450 g/mol. The Balaban J connectivity index is 1.60. The molecule has 168 valence electrons. The lowest BCUT2D eigenvalue weighted by molar-refractivity contribution is -0.118. The minimum Gasteiger partial charge on any atom is -0.310 e. The Morgan fingerprint density at radius 3 is 2.41 bits per heavy atom. The van der Waals surface area contributed by atoms with E-state index in [-0.39, 0.29) is 28.2 Å². The second kappa shape index (κ2) is 8.25. The van der Waals surface area contributed by atoms with Crippen LogP contribution in [-0.4, -0.2) is 41.0 Å². The lowest BCUT2D eigenvalue weighted by Gasteiger charge is -2.32. The van der Waals surface area contributed by atoms with E-state index in [2.05, 4.69) is 0 Å². The third-order valence-corrected chi connectivity index (χ3v) is 8.49. The van der Waals surface area contributed by atoms with Crippen molar-refractivity contribution >= 4 is 44.2 Å². The zero-order chi connectivity index (χ0) is 23.2. The summed E-state index contributed by atoms with van der Waals surface area (Å²) in [5.74, 6) is -0.596. The molecule has 1 atom stereocenters. The number of thioether (sulfide) groups is 1. The third-order valence-electron chi connectivity index (χ3n) is 5.63. The second-order valence-electron chi connectivity index (χ2n) is 7.85. The lowest BCUT2D eigenvalue weighted by atomic mass is 10.2. The molecule has 1 aliphatic heterocycles. The van der Waals surface area contributed by atoms with Gasteiger partial charge in [-0.3, -0.25) is 14.4 Å². The van der Waals surface area contributed by atoms with Gasteiger partial charge in [-0.15, -0.1) is 11.8 Å². The number of benzene rings is 2. The molecule has 10 heteroatoms. The number of amides is 1. The fourth-order valence-electron chi connectivity index (χ4n) is 3.85. The molecule has 8 nitrogen and oxygen atoms in total. The van der Waals surface area contributed by atoms with E-state index in [9.17, 15) is 22.8 Å². The van der Waals surface area contributed by atoms with Crippen molar-refractivity contribution in [1.29, 1.82) is 0 Å². The number of para-hydroxylation sites is 1. The Hall–Kier alpha value is -2.85. The topological polar surface area (TPSA) is 98.5 Å². The Labute approximate surface area is 189 Å². The third kappa shape index (κ3) is 3.88. The summed E-state index contributed by atoms with van der Waals surface area (Å²) in [6, 6.07) is 11.9. The monoisotopic (exact) mass is 473 g/mol. The van der Waals surface area contributed by atoms with E-state index in [4.69, 9.17) is 0 Å². The van der Waals surface area contributed by atoms with Crippen LogP contribution in [0.5, 0.6) is 0 Å². The van der Waals surface area contributed by atoms with Gasteiger partial charge < -0.3 is 14.0 Å². The highest BCUT2D eigenvalue weighted by Crippen LogP contribution is 2.38. The number of carbonyl (C=O) groups excluding carboxylic acids is 1. The molecule has 3 aromatic rings. The van der Waals surface area contributed by atoms with Crippen LogP contribution in [0.15, 0.2) is 61.8 Å². The molecule has 0 saturated carbocycles. The zero-order valence-corrected chi connectivity index (χ0v) is 19.6. The van der Waals surface area contributed by atoms with Crippen molar-refractivity contribution in [1.82, 2.24) is 9.13 Å². The molecule has 1 aliphatic rings. The van der Waals surface area contributed by atoms with E-state index in [0.29, 0.717) is 17.6 Å². The maximum atomic E-state index is 13.0. The van der Waals surface area contributed by atoms with Crippen molar-refractivity contribution in [3.05, 3.63) is 63.2 Å². The number of nitrogens with zero attached hydrogens (tertiary/aromatic N) is 3. The Kier molecular flexibility index (Phi) is 5.76. The van der Waals surface area contributed by atoms with Gasteiger partial charge in [-0.25, -0.2) is 8.42 Å². The van der Waals surface area contributed by atoms with E-state index < -0.39 is 21.0 Å². The molecule has 1 unspecified atom stereocenters. The average Bonchev–Trinajstić information content (AvgIpc) is 2.78. The summed E-state index contributed by atoms with van der Waals surface area (Å²) >= 11 is 1.69. The van der Waals surface area contributed by atoms with Crippen LogP contribution in [0.3, 0.4) is 0 Å². The molecule has 1 aromatic heterocycles. The minimum absolute atomic E-state index is 0.00872. The first-order valence-electron chi connectivity index (χ1n) is 10.1. The molecule has 2 aromatic carbocycles. The first-order chi connectivity index (χ1) is 15.1. The first kappa shape index (κ1) is 22.3. The largest absolute Gasteiger partial charge is 0.316 e. The molecule has 4 rings (SSSR count). The Bertz CT molecular complexity index is 1460. The van der Waals surface area contributed by atoms with Crippen LogP contribution < -0.4 is 16.0 Å². The maximum Gasteiger partial charge on any atom is 0.316 e. The Morgan fingerprint density at radius 1 is 1.03 bits per heavy atom. The van der Waals surface area contributed by atoms with Gasteiger partial charge in [0.05, 0.1) is 27.4 Å². The normalized spacial score (nSPS) is 16.2. The molecular formula is C22H23N3O5S2. The van der Waals surface area contributed by atoms with Gasteiger partial charge in [0.2, 0.25) is 5.91 Å². The predicted molar refractivity (Wildman–Crippen MR) is 125 cm³/mol. The fourth-order valence-corrected chi connectivity index (χ4v) is 6.21. The Morgan fingerprint density at radius 2 is 1.69 bits per heavy atom. The number of hydrogen-bond acceptors (Lipinski definition) is 6. The molecule has 0 N–H and O–H groups in total. The summed E-state index contributed by atoms with van der Waals surface area (Å²) in [6.45, 7) is 2.55. The van der Waals surface area contributed by atoms with Crippen LogP contribution in [0.4, 0.5) is 5.69 Å². The molecule has 0 saturated heterocycles. The zero-order valence-electron chi connectivity index (χ0n) is 17.9. The van der Waals surface area contributed by atoms with Crippen molar-refractivity contribution in [3.8, 4) is 0 Å². The highest BCUT2D eigenvalue weighted by molar-refractivity contribution is 8.00. The van der Waals surface area contributed by atoms with Gasteiger partial charge in [-0.1, -0.05) is 19.1 Å². The van der Waals surface area contributed by atoms with Crippen LogP contribution in [0, 0.1) is 0 Å². The van der Waals surface area contributed by atoms with Gasteiger partial charge in [-0.05, 0) is 30.3 Å². The summed E-state index contributed by atoms with van der Waals surface area (Å²) in [4.78, 5) is 39.7. The van der Waals surface area contributed by atoms with Gasteiger partial charge in [0.25, 0.3) is 0 Å². The number of fused-ring (bicyclic) bond motifs is 2. The molecule has 0 fully saturated rings. The average molecular weight is 474 g/mol. The van der Waals surface area contributed by atoms with Crippen LogP contribution in [0.1, 0.15) is 13.3 Å². The van der Waals surface area contributed by atoms with Crippen LogP contribution in [0.2, 0.25) is 0 Å².